The predicted molar refractivity (Wildman–Crippen MR) is 121 cm³/mol. The second kappa shape index (κ2) is 11.1. The minimum atomic E-state index is -4.17. The average molecular weight is 481 g/mol. The monoisotopic (exact) mass is 480 g/mol. The Morgan fingerprint density at radius 1 is 1.12 bits per heavy atom. The third kappa shape index (κ3) is 7.11. The van der Waals surface area contributed by atoms with Crippen molar-refractivity contribution in [2.75, 3.05) is 25.0 Å². The normalized spacial score (nSPS) is 15.4. The first-order valence-corrected chi connectivity index (χ1v) is 11.3. The van der Waals surface area contributed by atoms with Crippen LogP contribution in [0.4, 0.5) is 23.2 Å². The van der Waals surface area contributed by atoms with E-state index in [-0.39, 0.29) is 29.9 Å². The zero-order chi connectivity index (χ0) is 24.9. The SMILES string of the molecule is CCC(=O)Nc1cc(F)ccc1C(=O)CCCN1CCC(O)CC1.FC(F)(F)c1ccc2cc1-2. The van der Waals surface area contributed by atoms with Gasteiger partial charge in [-0.3, -0.25) is 9.59 Å². The van der Waals surface area contributed by atoms with Crippen molar-refractivity contribution in [3.05, 3.63) is 53.3 Å². The van der Waals surface area contributed by atoms with Crippen molar-refractivity contribution in [2.24, 2.45) is 0 Å². The molecular formula is C25H28F4N2O3. The van der Waals surface area contributed by atoms with E-state index in [2.05, 4.69) is 10.2 Å². The molecule has 0 unspecified atom stereocenters. The van der Waals surface area contributed by atoms with Crippen molar-refractivity contribution in [3.63, 3.8) is 0 Å². The molecule has 2 aliphatic carbocycles. The molecule has 1 heterocycles. The highest BCUT2D eigenvalue weighted by Crippen LogP contribution is 2.45. The molecule has 0 spiro atoms. The quantitative estimate of drug-likeness (QED) is 0.357. The summed E-state index contributed by atoms with van der Waals surface area (Å²) in [5.41, 5.74) is 1.20. The molecular weight excluding hydrogens is 452 g/mol. The lowest BCUT2D eigenvalue weighted by Gasteiger charge is -2.29. The van der Waals surface area contributed by atoms with Crippen LogP contribution >= 0.6 is 0 Å². The molecule has 4 rings (SSSR count). The highest BCUT2D eigenvalue weighted by Gasteiger charge is 2.37. The van der Waals surface area contributed by atoms with Crippen LogP contribution in [0, 0.1) is 5.82 Å². The van der Waals surface area contributed by atoms with E-state index in [0.717, 1.165) is 44.1 Å². The first kappa shape index (κ1) is 25.8. The fourth-order valence-electron chi connectivity index (χ4n) is 3.84. The number of carbonyl (C=O) groups excluding carboxylic acids is 2. The van der Waals surface area contributed by atoms with E-state index in [1.54, 1.807) is 6.92 Å². The number of fused-ring (bicyclic) bond motifs is 1. The fourth-order valence-corrected chi connectivity index (χ4v) is 3.84. The summed E-state index contributed by atoms with van der Waals surface area (Å²) < 4.78 is 49.1. The van der Waals surface area contributed by atoms with Crippen LogP contribution in [0.15, 0.2) is 36.4 Å². The molecule has 1 amide bonds. The maximum atomic E-state index is 13.4. The molecule has 184 valence electrons. The van der Waals surface area contributed by atoms with Gasteiger partial charge in [-0.2, -0.15) is 13.2 Å². The number of carbonyl (C=O) groups is 2. The van der Waals surface area contributed by atoms with Crippen LogP contribution in [-0.2, 0) is 11.0 Å². The lowest BCUT2D eigenvalue weighted by Crippen LogP contribution is -2.36. The molecule has 1 aliphatic heterocycles. The van der Waals surface area contributed by atoms with Crippen LogP contribution in [-0.4, -0.2) is 47.4 Å². The average Bonchev–Trinajstić information content (AvgIpc) is 3.42. The van der Waals surface area contributed by atoms with Gasteiger partial charge in [0.25, 0.3) is 0 Å². The summed E-state index contributed by atoms with van der Waals surface area (Å²) in [6.07, 6.45) is -1.50. The summed E-state index contributed by atoms with van der Waals surface area (Å²) in [7, 11) is 0. The molecule has 9 heteroatoms. The minimum Gasteiger partial charge on any atom is -0.393 e. The summed E-state index contributed by atoms with van der Waals surface area (Å²) in [5.74, 6) is -0.829. The molecule has 1 fully saturated rings. The molecule has 0 saturated carbocycles. The van der Waals surface area contributed by atoms with Crippen molar-refractivity contribution >= 4 is 17.4 Å². The van der Waals surface area contributed by atoms with Gasteiger partial charge < -0.3 is 15.3 Å². The Morgan fingerprint density at radius 3 is 2.35 bits per heavy atom. The van der Waals surface area contributed by atoms with E-state index in [1.807, 2.05) is 0 Å². The number of anilines is 1. The zero-order valence-corrected chi connectivity index (χ0v) is 18.9. The molecule has 34 heavy (non-hydrogen) atoms. The summed E-state index contributed by atoms with van der Waals surface area (Å²) in [6, 6.07) is 7.99. The number of aliphatic hydroxyl groups excluding tert-OH is 1. The Morgan fingerprint density at radius 2 is 1.82 bits per heavy atom. The Labute approximate surface area is 195 Å². The number of nitrogens with zero attached hydrogens (tertiary/aromatic N) is 1. The van der Waals surface area contributed by atoms with E-state index in [1.165, 1.54) is 30.3 Å². The van der Waals surface area contributed by atoms with Crippen LogP contribution in [0.2, 0.25) is 0 Å². The molecule has 0 atom stereocenters. The standard InChI is InChI=1S/C18H25FN2O3.C7H3F3/c1-2-18(24)20-16-12-13(19)5-6-15(16)17(23)4-3-9-21-10-7-14(22)8-11-21;8-7(9,10)6-2-1-4-3-5(4)6/h5-6,12,14,22H,2-4,7-11H2,1H3,(H,20,24);1-3H. The van der Waals surface area contributed by atoms with Gasteiger partial charge in [0.05, 0.1) is 17.4 Å². The number of rotatable bonds is 7. The van der Waals surface area contributed by atoms with Crippen molar-refractivity contribution in [3.8, 4) is 11.1 Å². The summed E-state index contributed by atoms with van der Waals surface area (Å²) in [4.78, 5) is 26.2. The third-order valence-electron chi connectivity index (χ3n) is 5.87. The third-order valence-corrected chi connectivity index (χ3v) is 5.87. The maximum absolute atomic E-state index is 13.4. The van der Waals surface area contributed by atoms with Crippen LogP contribution < -0.4 is 5.32 Å². The summed E-state index contributed by atoms with van der Waals surface area (Å²) in [6.45, 7) is 4.20. The molecule has 5 nitrogen and oxygen atoms in total. The molecule has 0 aromatic heterocycles. The number of hydrogen-bond donors (Lipinski definition) is 2. The van der Waals surface area contributed by atoms with E-state index in [4.69, 9.17) is 0 Å². The molecule has 1 aromatic carbocycles. The first-order chi connectivity index (χ1) is 16.1. The number of likely N-dealkylation sites (tertiary alicyclic amines) is 1. The van der Waals surface area contributed by atoms with Gasteiger partial charge in [0.1, 0.15) is 5.82 Å². The summed E-state index contributed by atoms with van der Waals surface area (Å²) in [5, 5.41) is 12.1. The molecule has 1 aromatic rings. The maximum Gasteiger partial charge on any atom is 0.417 e. The second-order valence-corrected chi connectivity index (χ2v) is 8.45. The van der Waals surface area contributed by atoms with Gasteiger partial charge in [-0.15, -0.1) is 0 Å². The number of benzene rings is 2. The van der Waals surface area contributed by atoms with Crippen LogP contribution in [0.1, 0.15) is 54.9 Å². The van der Waals surface area contributed by atoms with E-state index < -0.39 is 17.6 Å². The van der Waals surface area contributed by atoms with Gasteiger partial charge >= 0.3 is 6.18 Å². The highest BCUT2D eigenvalue weighted by atomic mass is 19.4. The lowest BCUT2D eigenvalue weighted by atomic mass is 10.0. The Kier molecular flexibility index (Phi) is 8.43. The molecule has 0 radical (unpaired) electrons. The number of nitrogens with one attached hydrogen (secondary N) is 1. The topological polar surface area (TPSA) is 69.6 Å². The summed E-state index contributed by atoms with van der Waals surface area (Å²) >= 11 is 0. The number of ketones is 1. The van der Waals surface area contributed by atoms with Gasteiger partial charge in [0, 0.05) is 31.5 Å². The Balaban J connectivity index is 0.000000266. The van der Waals surface area contributed by atoms with Gasteiger partial charge in [-0.25, -0.2) is 4.39 Å². The number of halogens is 4. The van der Waals surface area contributed by atoms with Crippen molar-refractivity contribution in [1.82, 2.24) is 4.90 Å². The lowest BCUT2D eigenvalue weighted by molar-refractivity contribution is -0.136. The first-order valence-electron chi connectivity index (χ1n) is 11.3. The van der Waals surface area contributed by atoms with E-state index in [0.29, 0.717) is 24.0 Å². The second-order valence-electron chi connectivity index (χ2n) is 8.45. The Bertz CT molecular complexity index is 1030. The predicted octanol–water partition coefficient (Wildman–Crippen LogP) is 5.28. The molecule has 1 saturated heterocycles. The fraction of sp³-hybridized carbons (Fsp3) is 0.440. The van der Waals surface area contributed by atoms with Crippen molar-refractivity contribution in [1.29, 1.82) is 0 Å². The van der Waals surface area contributed by atoms with Gasteiger partial charge in [0.15, 0.2) is 5.78 Å². The molecule has 3 aliphatic rings. The van der Waals surface area contributed by atoms with E-state index in [9.17, 15) is 32.3 Å². The number of amides is 1. The number of alkyl halides is 3. The van der Waals surface area contributed by atoms with Crippen LogP contribution in [0.3, 0.4) is 0 Å². The number of aliphatic hydroxyl groups is 1. The largest absolute Gasteiger partial charge is 0.417 e. The van der Waals surface area contributed by atoms with Gasteiger partial charge in [-0.1, -0.05) is 13.0 Å². The number of piperidine rings is 1. The van der Waals surface area contributed by atoms with Crippen LogP contribution in [0.5, 0.6) is 0 Å². The van der Waals surface area contributed by atoms with Crippen molar-refractivity contribution in [2.45, 2.75) is 51.3 Å². The van der Waals surface area contributed by atoms with Crippen LogP contribution in [0.25, 0.3) is 11.1 Å². The molecule has 0 bridgehead atoms. The molecule has 2 N–H and O–H groups in total. The minimum absolute atomic E-state index is 0.0987. The number of hydrogen-bond acceptors (Lipinski definition) is 4. The smallest absolute Gasteiger partial charge is 0.393 e. The van der Waals surface area contributed by atoms with Gasteiger partial charge in [0.2, 0.25) is 5.91 Å². The Hall–Kier alpha value is -2.78. The van der Waals surface area contributed by atoms with E-state index >= 15 is 0 Å². The number of Topliss-reactive ketones (excluding diaryl/α,β-unsaturated/α-hetero) is 1. The highest BCUT2D eigenvalue weighted by molar-refractivity contribution is 6.04. The van der Waals surface area contributed by atoms with Gasteiger partial charge in [-0.05, 0) is 67.3 Å². The van der Waals surface area contributed by atoms with Crippen molar-refractivity contribution < 1.29 is 32.3 Å². The zero-order valence-electron chi connectivity index (χ0n) is 18.9.